The first-order chi connectivity index (χ1) is 14.2. The number of hydrogen-bond donors (Lipinski definition) is 2. The van der Waals surface area contributed by atoms with Crippen molar-refractivity contribution in [2.24, 2.45) is 0 Å². The van der Waals surface area contributed by atoms with E-state index in [4.69, 9.17) is 17.0 Å². The molecule has 0 aromatic heterocycles. The largest absolute Gasteiger partial charge is 0.492 e. The van der Waals surface area contributed by atoms with Gasteiger partial charge < -0.3 is 10.1 Å². The lowest BCUT2D eigenvalue weighted by molar-refractivity contribution is 0.0977. The number of benzene rings is 2. The Morgan fingerprint density at radius 2 is 1.80 bits per heavy atom. The maximum absolute atomic E-state index is 12.4. The molecule has 0 aliphatic carbocycles. The molecule has 162 valence electrons. The highest BCUT2D eigenvalue weighted by atomic mass is 79.9. The third-order valence-corrected chi connectivity index (χ3v) is 6.17. The molecule has 6 nitrogen and oxygen atoms in total. The van der Waals surface area contributed by atoms with Crippen molar-refractivity contribution in [2.45, 2.75) is 37.5 Å². The van der Waals surface area contributed by atoms with Crippen LogP contribution >= 0.6 is 28.1 Å². The Kier molecular flexibility index (Phi) is 9.26. The van der Waals surface area contributed by atoms with Crippen LogP contribution in [0.4, 0.5) is 5.69 Å². The van der Waals surface area contributed by atoms with Crippen LogP contribution in [0, 0.1) is 0 Å². The molecule has 2 N–H and O–H groups in total. The molecule has 0 atom stereocenters. The first-order valence-electron chi connectivity index (χ1n) is 9.55. The molecule has 2 aromatic rings. The highest BCUT2D eigenvalue weighted by Crippen LogP contribution is 2.26. The van der Waals surface area contributed by atoms with E-state index in [1.165, 1.54) is 25.0 Å². The summed E-state index contributed by atoms with van der Waals surface area (Å²) in [4.78, 5) is 12.7. The highest BCUT2D eigenvalue weighted by Gasteiger charge is 2.12. The average molecular weight is 513 g/mol. The molecule has 9 heteroatoms. The van der Waals surface area contributed by atoms with Crippen molar-refractivity contribution >= 4 is 54.7 Å². The minimum absolute atomic E-state index is 0.111. The lowest BCUT2D eigenvalue weighted by Gasteiger charge is -2.12. The molecule has 0 saturated carbocycles. The molecule has 0 heterocycles. The summed E-state index contributed by atoms with van der Waals surface area (Å²) in [5.74, 6) is 0.324. The van der Waals surface area contributed by atoms with E-state index in [9.17, 15) is 13.2 Å². The third-order valence-electron chi connectivity index (χ3n) is 4.22. The minimum atomic E-state index is -3.27. The van der Waals surface area contributed by atoms with Gasteiger partial charge in [-0.3, -0.25) is 10.1 Å². The number of nitrogens with one attached hydrogen (secondary N) is 2. The molecule has 1 amide bonds. The van der Waals surface area contributed by atoms with Gasteiger partial charge in [-0.25, -0.2) is 8.42 Å². The van der Waals surface area contributed by atoms with Crippen molar-refractivity contribution in [3.8, 4) is 5.75 Å². The number of carbonyl (C=O) groups excluding carboxylic acids is 1. The summed E-state index contributed by atoms with van der Waals surface area (Å²) in [6.07, 6.45) is 5.64. The van der Waals surface area contributed by atoms with Crippen LogP contribution in [0.5, 0.6) is 5.75 Å². The molecule has 2 aromatic carbocycles. The molecule has 0 saturated heterocycles. The van der Waals surface area contributed by atoms with Gasteiger partial charge in [0, 0.05) is 17.5 Å². The van der Waals surface area contributed by atoms with Crippen LogP contribution in [0.15, 0.2) is 51.8 Å². The fourth-order valence-corrected chi connectivity index (χ4v) is 3.93. The molecular weight excluding hydrogens is 488 g/mol. The van der Waals surface area contributed by atoms with E-state index in [0.29, 0.717) is 28.1 Å². The minimum Gasteiger partial charge on any atom is -0.492 e. The highest BCUT2D eigenvalue weighted by molar-refractivity contribution is 9.10. The normalized spacial score (nSPS) is 11.0. The zero-order valence-corrected chi connectivity index (χ0v) is 20.1. The fourth-order valence-electron chi connectivity index (χ4n) is 2.59. The van der Waals surface area contributed by atoms with Gasteiger partial charge in [0.25, 0.3) is 5.91 Å². The second-order valence-corrected chi connectivity index (χ2v) is 10.0. The van der Waals surface area contributed by atoms with Crippen LogP contribution < -0.4 is 15.4 Å². The Hall–Kier alpha value is -1.97. The predicted octanol–water partition coefficient (Wildman–Crippen LogP) is 4.94. The van der Waals surface area contributed by atoms with Gasteiger partial charge in [-0.1, -0.05) is 26.2 Å². The molecule has 0 spiro atoms. The quantitative estimate of drug-likeness (QED) is 0.365. The number of ether oxygens (including phenoxy) is 1. The number of sulfone groups is 1. The van der Waals surface area contributed by atoms with Gasteiger partial charge in [0.15, 0.2) is 14.9 Å². The Morgan fingerprint density at radius 3 is 2.40 bits per heavy atom. The van der Waals surface area contributed by atoms with Crippen molar-refractivity contribution in [1.82, 2.24) is 5.32 Å². The van der Waals surface area contributed by atoms with Crippen molar-refractivity contribution in [1.29, 1.82) is 0 Å². The van der Waals surface area contributed by atoms with Gasteiger partial charge in [-0.2, -0.15) is 0 Å². The zero-order valence-electron chi connectivity index (χ0n) is 16.9. The molecule has 0 aliphatic rings. The number of hydrogen-bond acceptors (Lipinski definition) is 5. The monoisotopic (exact) mass is 512 g/mol. The second kappa shape index (κ2) is 11.4. The van der Waals surface area contributed by atoms with Crippen LogP contribution in [0.25, 0.3) is 0 Å². The van der Waals surface area contributed by atoms with Crippen molar-refractivity contribution in [3.63, 3.8) is 0 Å². The second-order valence-electron chi connectivity index (χ2n) is 6.76. The lowest BCUT2D eigenvalue weighted by atomic mass is 10.2. The third kappa shape index (κ3) is 7.70. The number of thiocarbonyl (C=S) groups is 1. The molecule has 0 aliphatic heterocycles. The molecule has 2 rings (SSSR count). The maximum Gasteiger partial charge on any atom is 0.257 e. The van der Waals surface area contributed by atoms with Gasteiger partial charge in [-0.15, -0.1) is 0 Å². The van der Waals surface area contributed by atoms with Crippen molar-refractivity contribution in [2.75, 3.05) is 18.2 Å². The SMILES string of the molecule is CCCCCCOc1ccc(C(=O)NC(=S)Nc2ccc(S(C)(=O)=O)cc2)cc1Br. The van der Waals surface area contributed by atoms with Crippen LogP contribution in [-0.2, 0) is 9.84 Å². The van der Waals surface area contributed by atoms with E-state index in [2.05, 4.69) is 33.5 Å². The summed E-state index contributed by atoms with van der Waals surface area (Å²) in [5, 5.41) is 5.57. The molecule has 0 radical (unpaired) electrons. The Labute approximate surface area is 191 Å². The Morgan fingerprint density at radius 1 is 1.10 bits per heavy atom. The van der Waals surface area contributed by atoms with Crippen LogP contribution in [0.1, 0.15) is 43.0 Å². The van der Waals surface area contributed by atoms with Crippen molar-refractivity contribution < 1.29 is 17.9 Å². The standard InChI is InChI=1S/C21H25BrN2O4S2/c1-3-4-5-6-13-28-19-12-7-15(14-18(19)22)20(25)24-21(29)23-16-8-10-17(11-9-16)30(2,26)27/h7-12,14H,3-6,13H2,1-2H3,(H2,23,24,25,29). The topological polar surface area (TPSA) is 84.5 Å². The summed E-state index contributed by atoms with van der Waals surface area (Å²) >= 11 is 8.61. The van der Waals surface area contributed by atoms with Crippen LogP contribution in [0.2, 0.25) is 0 Å². The van der Waals surface area contributed by atoms with E-state index in [1.54, 1.807) is 30.3 Å². The summed E-state index contributed by atoms with van der Waals surface area (Å²) in [6.45, 7) is 2.80. The Balaban J connectivity index is 1.90. The Bertz CT molecular complexity index is 993. The van der Waals surface area contributed by atoms with E-state index < -0.39 is 9.84 Å². The number of carbonyl (C=O) groups is 1. The van der Waals surface area contributed by atoms with Gasteiger partial charge in [0.05, 0.1) is 16.0 Å². The van der Waals surface area contributed by atoms with Crippen LogP contribution in [-0.4, -0.2) is 32.3 Å². The summed E-state index contributed by atoms with van der Waals surface area (Å²) in [6, 6.07) is 11.2. The van der Waals surface area contributed by atoms with E-state index in [1.807, 2.05) is 0 Å². The number of amides is 1. The van der Waals surface area contributed by atoms with Gasteiger partial charge in [0.1, 0.15) is 5.75 Å². The van der Waals surface area contributed by atoms with Crippen LogP contribution in [0.3, 0.4) is 0 Å². The summed E-state index contributed by atoms with van der Waals surface area (Å²) in [5.41, 5.74) is 0.998. The number of anilines is 1. The van der Waals surface area contributed by atoms with Gasteiger partial charge in [0.2, 0.25) is 0 Å². The first-order valence-corrected chi connectivity index (χ1v) is 12.6. The first kappa shape index (κ1) is 24.3. The summed E-state index contributed by atoms with van der Waals surface area (Å²) in [7, 11) is -3.27. The maximum atomic E-state index is 12.4. The fraction of sp³-hybridized carbons (Fsp3) is 0.333. The zero-order chi connectivity index (χ0) is 22.1. The smallest absolute Gasteiger partial charge is 0.257 e. The molecule has 0 unspecified atom stereocenters. The van der Waals surface area contributed by atoms with E-state index in [0.717, 1.165) is 19.1 Å². The predicted molar refractivity (Wildman–Crippen MR) is 127 cm³/mol. The summed E-state index contributed by atoms with van der Waals surface area (Å²) < 4.78 is 29.5. The van der Waals surface area contributed by atoms with E-state index >= 15 is 0 Å². The lowest BCUT2D eigenvalue weighted by Crippen LogP contribution is -2.34. The molecule has 30 heavy (non-hydrogen) atoms. The van der Waals surface area contributed by atoms with E-state index in [-0.39, 0.29) is 15.9 Å². The number of unbranched alkanes of at least 4 members (excludes halogenated alkanes) is 3. The van der Waals surface area contributed by atoms with Gasteiger partial charge in [-0.05, 0) is 77.0 Å². The average Bonchev–Trinajstić information content (AvgIpc) is 2.68. The molecule has 0 bridgehead atoms. The van der Waals surface area contributed by atoms with Crippen molar-refractivity contribution in [3.05, 3.63) is 52.5 Å². The number of halogens is 1. The number of rotatable bonds is 9. The van der Waals surface area contributed by atoms with Gasteiger partial charge >= 0.3 is 0 Å². The molecule has 0 fully saturated rings. The molecular formula is C21H25BrN2O4S2.